The number of carboxylic acids is 1. The molecule has 1 atom stereocenters. The molecule has 2 rings (SSSR count). The molecule has 0 aliphatic carbocycles. The molecule has 1 aliphatic rings. The summed E-state index contributed by atoms with van der Waals surface area (Å²) in [5.74, 6) is -1.01. The predicted octanol–water partition coefficient (Wildman–Crippen LogP) is 3.10. The second-order valence-electron chi connectivity index (χ2n) is 5.99. The van der Waals surface area contributed by atoms with Crippen molar-refractivity contribution in [3.05, 3.63) is 21.9 Å². The number of nitrogens with zero attached hydrogens (tertiary/aromatic N) is 1. The van der Waals surface area contributed by atoms with Gasteiger partial charge >= 0.3 is 5.97 Å². The van der Waals surface area contributed by atoms with E-state index in [0.717, 1.165) is 30.7 Å². The zero-order chi connectivity index (χ0) is 14.2. The molecule has 1 saturated heterocycles. The van der Waals surface area contributed by atoms with E-state index in [2.05, 4.69) is 20.8 Å². The number of aromatic carboxylic acids is 1. The van der Waals surface area contributed by atoms with Crippen molar-refractivity contribution in [2.24, 2.45) is 5.41 Å². The van der Waals surface area contributed by atoms with Gasteiger partial charge in [0.15, 0.2) is 0 Å². The maximum atomic E-state index is 12.5. The summed E-state index contributed by atoms with van der Waals surface area (Å²) >= 11 is 1.06. The average molecular weight is 281 g/mol. The highest BCUT2D eigenvalue weighted by atomic mass is 32.1. The molecule has 1 amide bonds. The van der Waals surface area contributed by atoms with E-state index in [4.69, 9.17) is 5.11 Å². The van der Waals surface area contributed by atoms with E-state index in [9.17, 15) is 9.59 Å². The Morgan fingerprint density at radius 3 is 2.47 bits per heavy atom. The van der Waals surface area contributed by atoms with Crippen LogP contribution in [0.25, 0.3) is 0 Å². The minimum atomic E-state index is -0.974. The molecule has 1 aliphatic heterocycles. The third-order valence-corrected chi connectivity index (χ3v) is 4.60. The summed E-state index contributed by atoms with van der Waals surface area (Å²) in [7, 11) is 0. The number of carboxylic acid groups (broad SMARTS) is 1. The topological polar surface area (TPSA) is 57.6 Å². The molecule has 1 fully saturated rings. The maximum Gasteiger partial charge on any atom is 0.345 e. The molecule has 0 bridgehead atoms. The van der Waals surface area contributed by atoms with Crippen molar-refractivity contribution < 1.29 is 14.7 Å². The molecule has 0 spiro atoms. The molecule has 1 aromatic heterocycles. The van der Waals surface area contributed by atoms with E-state index in [-0.39, 0.29) is 22.2 Å². The number of hydrogen-bond donors (Lipinski definition) is 1. The molecule has 1 unspecified atom stereocenters. The van der Waals surface area contributed by atoms with Crippen LogP contribution in [-0.2, 0) is 0 Å². The van der Waals surface area contributed by atoms with E-state index in [1.54, 1.807) is 6.07 Å². The lowest BCUT2D eigenvalue weighted by Crippen LogP contribution is -2.42. The number of rotatable bonds is 2. The van der Waals surface area contributed by atoms with Gasteiger partial charge in [-0.05, 0) is 30.4 Å². The fourth-order valence-corrected chi connectivity index (χ4v) is 3.42. The first-order valence-electron chi connectivity index (χ1n) is 6.45. The van der Waals surface area contributed by atoms with Gasteiger partial charge in [0.25, 0.3) is 5.91 Å². The van der Waals surface area contributed by atoms with Gasteiger partial charge in [0.05, 0.1) is 4.88 Å². The fourth-order valence-electron chi connectivity index (χ4n) is 2.62. The first-order valence-corrected chi connectivity index (χ1v) is 7.26. The van der Waals surface area contributed by atoms with Gasteiger partial charge in [-0.3, -0.25) is 4.79 Å². The van der Waals surface area contributed by atoms with Crippen molar-refractivity contribution in [2.45, 2.75) is 39.7 Å². The number of amides is 1. The number of carbonyl (C=O) groups excluding carboxylic acids is 1. The van der Waals surface area contributed by atoms with Gasteiger partial charge in [0.2, 0.25) is 0 Å². The summed E-state index contributed by atoms with van der Waals surface area (Å²) in [6, 6.07) is 3.35. The Morgan fingerprint density at radius 2 is 1.95 bits per heavy atom. The van der Waals surface area contributed by atoms with Crippen LogP contribution in [0.2, 0.25) is 0 Å². The number of thiophene rings is 1. The molecule has 0 radical (unpaired) electrons. The number of carbonyl (C=O) groups is 2. The lowest BCUT2D eigenvalue weighted by Gasteiger charge is -2.34. The molecular weight excluding hydrogens is 262 g/mol. The van der Waals surface area contributed by atoms with E-state index in [1.165, 1.54) is 6.07 Å². The van der Waals surface area contributed by atoms with E-state index in [1.807, 2.05) is 4.90 Å². The molecule has 1 N–H and O–H groups in total. The van der Waals surface area contributed by atoms with Crippen molar-refractivity contribution in [2.75, 3.05) is 6.54 Å². The van der Waals surface area contributed by atoms with Crippen LogP contribution in [0.1, 0.15) is 53.0 Å². The quantitative estimate of drug-likeness (QED) is 0.906. The average Bonchev–Trinajstić information content (AvgIpc) is 2.96. The summed E-state index contributed by atoms with van der Waals surface area (Å²) in [5.41, 5.74) is 0.0546. The molecule has 19 heavy (non-hydrogen) atoms. The fraction of sp³-hybridized carbons (Fsp3) is 0.571. The summed E-state index contributed by atoms with van der Waals surface area (Å²) in [6.45, 7) is 7.18. The SMILES string of the molecule is CC(C)(C)C1CCCN1C(=O)c1ccc(C(=O)O)s1. The first-order chi connectivity index (χ1) is 8.80. The third-order valence-electron chi connectivity index (χ3n) is 3.54. The van der Waals surface area contributed by atoms with Gasteiger partial charge in [-0.15, -0.1) is 11.3 Å². The molecule has 1 aromatic rings. The van der Waals surface area contributed by atoms with Crippen LogP contribution in [0.4, 0.5) is 0 Å². The Morgan fingerprint density at radius 1 is 1.32 bits per heavy atom. The van der Waals surface area contributed by atoms with Gasteiger partial charge in [-0.1, -0.05) is 20.8 Å². The Balaban J connectivity index is 2.21. The third kappa shape index (κ3) is 2.81. The van der Waals surface area contributed by atoms with Crippen LogP contribution in [0, 0.1) is 5.41 Å². The number of likely N-dealkylation sites (tertiary alicyclic amines) is 1. The number of hydrogen-bond acceptors (Lipinski definition) is 3. The molecular formula is C14H19NO3S. The molecule has 5 heteroatoms. The van der Waals surface area contributed by atoms with E-state index in [0.29, 0.717) is 4.88 Å². The molecule has 4 nitrogen and oxygen atoms in total. The van der Waals surface area contributed by atoms with Crippen molar-refractivity contribution in [1.29, 1.82) is 0 Å². The molecule has 0 saturated carbocycles. The van der Waals surface area contributed by atoms with Crippen LogP contribution >= 0.6 is 11.3 Å². The lowest BCUT2D eigenvalue weighted by atomic mass is 9.85. The monoisotopic (exact) mass is 281 g/mol. The van der Waals surface area contributed by atoms with E-state index < -0.39 is 5.97 Å². The standard InChI is InChI=1S/C14H19NO3S/c1-14(2,3)11-5-4-8-15(11)12(16)9-6-7-10(19-9)13(17)18/h6-7,11H,4-5,8H2,1-3H3,(H,17,18). The first kappa shape index (κ1) is 14.1. The summed E-state index contributed by atoms with van der Waals surface area (Å²) in [6.07, 6.45) is 2.04. The van der Waals surface area contributed by atoms with Gasteiger partial charge in [-0.25, -0.2) is 4.79 Å². The maximum absolute atomic E-state index is 12.5. The second-order valence-corrected chi connectivity index (χ2v) is 7.08. The minimum Gasteiger partial charge on any atom is -0.477 e. The van der Waals surface area contributed by atoms with Gasteiger partial charge in [-0.2, -0.15) is 0 Å². The van der Waals surface area contributed by atoms with Crippen LogP contribution in [-0.4, -0.2) is 34.5 Å². The van der Waals surface area contributed by atoms with Gasteiger partial charge in [0.1, 0.15) is 4.88 Å². The minimum absolute atomic E-state index is 0.0325. The zero-order valence-corrected chi connectivity index (χ0v) is 12.3. The predicted molar refractivity (Wildman–Crippen MR) is 74.8 cm³/mol. The molecule has 0 aromatic carbocycles. The Hall–Kier alpha value is -1.36. The summed E-state index contributed by atoms with van der Waals surface area (Å²) < 4.78 is 0. The van der Waals surface area contributed by atoms with Crippen molar-refractivity contribution in [3.8, 4) is 0 Å². The van der Waals surface area contributed by atoms with Crippen LogP contribution in [0.15, 0.2) is 12.1 Å². The van der Waals surface area contributed by atoms with Crippen molar-refractivity contribution in [3.63, 3.8) is 0 Å². The zero-order valence-electron chi connectivity index (χ0n) is 11.5. The highest BCUT2D eigenvalue weighted by Gasteiger charge is 2.37. The summed E-state index contributed by atoms with van der Waals surface area (Å²) in [5, 5.41) is 8.91. The largest absolute Gasteiger partial charge is 0.477 e. The molecule has 104 valence electrons. The smallest absolute Gasteiger partial charge is 0.345 e. The van der Waals surface area contributed by atoms with Crippen molar-refractivity contribution >= 4 is 23.2 Å². The van der Waals surface area contributed by atoms with Crippen LogP contribution < -0.4 is 0 Å². The van der Waals surface area contributed by atoms with Crippen molar-refractivity contribution in [1.82, 2.24) is 4.90 Å². The van der Waals surface area contributed by atoms with E-state index >= 15 is 0 Å². The van der Waals surface area contributed by atoms with Crippen LogP contribution in [0.3, 0.4) is 0 Å². The Bertz CT molecular complexity index is 501. The lowest BCUT2D eigenvalue weighted by molar-refractivity contribution is 0.0630. The van der Waals surface area contributed by atoms with Gasteiger partial charge < -0.3 is 10.0 Å². The van der Waals surface area contributed by atoms with Gasteiger partial charge in [0, 0.05) is 12.6 Å². The highest BCUT2D eigenvalue weighted by Crippen LogP contribution is 2.34. The second kappa shape index (κ2) is 4.96. The molecule has 2 heterocycles. The highest BCUT2D eigenvalue weighted by molar-refractivity contribution is 7.15. The normalized spacial score (nSPS) is 19.7. The Kier molecular flexibility index (Phi) is 3.67. The summed E-state index contributed by atoms with van der Waals surface area (Å²) in [4.78, 5) is 26.0. The Labute approximate surface area is 117 Å². The van der Waals surface area contributed by atoms with Crippen LogP contribution in [0.5, 0.6) is 0 Å².